The number of ether oxygens (including phenoxy) is 1. The van der Waals surface area contributed by atoms with Gasteiger partial charge in [-0.2, -0.15) is 0 Å². The number of likely N-dealkylation sites (tertiary alicyclic amines) is 1. The number of fused-ring (bicyclic) bond motifs is 5. The van der Waals surface area contributed by atoms with Crippen molar-refractivity contribution >= 4 is 23.4 Å². The lowest BCUT2D eigenvalue weighted by Gasteiger charge is -2.33. The zero-order chi connectivity index (χ0) is 24.1. The Morgan fingerprint density at radius 2 is 1.37 bits per heavy atom. The van der Waals surface area contributed by atoms with E-state index in [4.69, 9.17) is 4.74 Å². The van der Waals surface area contributed by atoms with Crippen LogP contribution in [0.5, 0.6) is 11.5 Å². The molecule has 35 heavy (non-hydrogen) atoms. The van der Waals surface area contributed by atoms with Crippen molar-refractivity contribution in [3.63, 3.8) is 0 Å². The summed E-state index contributed by atoms with van der Waals surface area (Å²) in [6.45, 7) is 2.03. The molecule has 2 aromatic rings. The van der Waals surface area contributed by atoms with E-state index in [0.717, 1.165) is 17.9 Å². The maximum Gasteiger partial charge on any atom is 0.233 e. The number of hydrogen-bond acceptors (Lipinski definition) is 4. The molecule has 1 N–H and O–H groups in total. The first-order valence-electron chi connectivity index (χ1n) is 12.7. The molecule has 2 bridgehead atoms. The highest BCUT2D eigenvalue weighted by molar-refractivity contribution is 6.06. The molecular weight excluding hydrogens is 440 g/mol. The largest absolute Gasteiger partial charge is 0.457 e. The van der Waals surface area contributed by atoms with E-state index < -0.39 is 0 Å². The molecule has 4 atom stereocenters. The number of amides is 3. The number of hydrogen-bond donors (Lipinski definition) is 1. The van der Waals surface area contributed by atoms with Gasteiger partial charge in [-0.15, -0.1) is 0 Å². The third-order valence-electron chi connectivity index (χ3n) is 8.32. The molecule has 3 fully saturated rings. The number of benzene rings is 2. The normalized spacial score (nSPS) is 31.1. The van der Waals surface area contributed by atoms with E-state index in [1.807, 2.05) is 55.5 Å². The van der Waals surface area contributed by atoms with Gasteiger partial charge in [-0.05, 0) is 87.3 Å². The minimum absolute atomic E-state index is 0.00570. The molecule has 3 amide bonds. The quantitative estimate of drug-likeness (QED) is 0.488. The second-order valence-corrected chi connectivity index (χ2v) is 10.5. The molecule has 1 saturated heterocycles. The first kappa shape index (κ1) is 22.1. The predicted molar refractivity (Wildman–Crippen MR) is 132 cm³/mol. The summed E-state index contributed by atoms with van der Waals surface area (Å²) in [6, 6.07) is 15.2. The molecule has 6 nitrogen and oxygen atoms in total. The smallest absolute Gasteiger partial charge is 0.233 e. The highest BCUT2D eigenvalue weighted by atomic mass is 16.5. The van der Waals surface area contributed by atoms with Crippen LogP contribution in [0.15, 0.2) is 60.7 Å². The fourth-order valence-corrected chi connectivity index (χ4v) is 6.47. The van der Waals surface area contributed by atoms with Gasteiger partial charge in [0.05, 0.1) is 11.8 Å². The van der Waals surface area contributed by atoms with Crippen LogP contribution in [0.3, 0.4) is 0 Å². The fraction of sp³-hybridized carbons (Fsp3) is 0.414. The molecule has 1 heterocycles. The van der Waals surface area contributed by atoms with Crippen molar-refractivity contribution in [1.29, 1.82) is 0 Å². The fourth-order valence-electron chi connectivity index (χ4n) is 6.47. The minimum atomic E-state index is -0.142. The average Bonchev–Trinajstić information content (AvgIpc) is 3.55. The van der Waals surface area contributed by atoms with Gasteiger partial charge in [0.15, 0.2) is 0 Å². The summed E-state index contributed by atoms with van der Waals surface area (Å²) in [5.41, 5.74) is 1.91. The highest BCUT2D eigenvalue weighted by Gasteiger charge is 2.60. The molecule has 4 aliphatic rings. The van der Waals surface area contributed by atoms with Crippen LogP contribution >= 0.6 is 0 Å². The van der Waals surface area contributed by atoms with Gasteiger partial charge in [-0.1, -0.05) is 29.8 Å². The van der Waals surface area contributed by atoms with E-state index in [2.05, 4.69) is 17.5 Å². The van der Waals surface area contributed by atoms with Crippen LogP contribution in [-0.4, -0.2) is 28.7 Å². The lowest BCUT2D eigenvalue weighted by atomic mass is 9.84. The number of allylic oxidation sites excluding steroid dienone is 2. The van der Waals surface area contributed by atoms with Crippen molar-refractivity contribution in [2.75, 3.05) is 5.32 Å². The summed E-state index contributed by atoms with van der Waals surface area (Å²) in [5.74, 6) is 1.61. The van der Waals surface area contributed by atoms with Crippen molar-refractivity contribution in [2.24, 2.45) is 29.6 Å². The molecule has 6 rings (SSSR count). The Kier molecular flexibility index (Phi) is 5.47. The summed E-state index contributed by atoms with van der Waals surface area (Å²) in [5, 5.41) is 3.01. The number of rotatable bonds is 5. The summed E-state index contributed by atoms with van der Waals surface area (Å²) < 4.78 is 5.86. The Balaban J connectivity index is 1.02. The van der Waals surface area contributed by atoms with Gasteiger partial charge < -0.3 is 10.1 Å². The lowest BCUT2D eigenvalue weighted by Crippen LogP contribution is -2.44. The zero-order valence-corrected chi connectivity index (χ0v) is 19.9. The summed E-state index contributed by atoms with van der Waals surface area (Å²) in [4.78, 5) is 40.6. The first-order valence-corrected chi connectivity index (χ1v) is 12.7. The zero-order valence-electron chi connectivity index (χ0n) is 19.9. The second kappa shape index (κ2) is 8.67. The molecule has 6 heteroatoms. The van der Waals surface area contributed by atoms with E-state index >= 15 is 0 Å². The second-order valence-electron chi connectivity index (χ2n) is 10.5. The molecule has 0 radical (unpaired) electrons. The van der Waals surface area contributed by atoms with E-state index in [1.165, 1.54) is 5.56 Å². The standard InChI is InChI=1S/C29H30N2O4/c1-17-2-12-23(13-3-17)35-24-14-8-21(9-15-24)30-27(32)18-6-10-22(11-7-18)31-28(33)25-19-4-5-20(16-19)26(25)29(31)34/h2-5,8-9,12-15,18-20,22,25-26H,6-7,10-11,16H2,1H3,(H,30,32). The van der Waals surface area contributed by atoms with E-state index in [1.54, 1.807) is 4.90 Å². The van der Waals surface area contributed by atoms with Crippen molar-refractivity contribution in [2.45, 2.75) is 45.1 Å². The summed E-state index contributed by atoms with van der Waals surface area (Å²) in [6.07, 6.45) is 7.96. The molecule has 0 aromatic heterocycles. The minimum Gasteiger partial charge on any atom is -0.457 e. The van der Waals surface area contributed by atoms with Gasteiger partial charge in [0, 0.05) is 17.6 Å². The van der Waals surface area contributed by atoms with Crippen LogP contribution in [0.4, 0.5) is 5.69 Å². The number of nitrogens with zero attached hydrogens (tertiary/aromatic N) is 1. The van der Waals surface area contributed by atoms with Crippen molar-refractivity contribution in [3.8, 4) is 11.5 Å². The van der Waals surface area contributed by atoms with Crippen LogP contribution < -0.4 is 10.1 Å². The number of nitrogens with one attached hydrogen (secondary N) is 1. The predicted octanol–water partition coefficient (Wildman–Crippen LogP) is 5.09. The molecule has 1 aliphatic heterocycles. The van der Waals surface area contributed by atoms with Crippen molar-refractivity contribution in [3.05, 3.63) is 66.2 Å². The molecule has 3 aliphatic carbocycles. The maximum absolute atomic E-state index is 13.1. The van der Waals surface area contributed by atoms with Crippen molar-refractivity contribution < 1.29 is 19.1 Å². The van der Waals surface area contributed by atoms with Crippen molar-refractivity contribution in [1.82, 2.24) is 4.90 Å². The van der Waals surface area contributed by atoms with Crippen LogP contribution in [0.25, 0.3) is 0 Å². The van der Waals surface area contributed by atoms with Gasteiger partial charge in [0.25, 0.3) is 0 Å². The summed E-state index contributed by atoms with van der Waals surface area (Å²) in [7, 11) is 0. The molecule has 4 unspecified atom stereocenters. The van der Waals surface area contributed by atoms with Gasteiger partial charge in [0.1, 0.15) is 11.5 Å². The third-order valence-corrected chi connectivity index (χ3v) is 8.32. The van der Waals surface area contributed by atoms with E-state index in [0.29, 0.717) is 31.4 Å². The number of imide groups is 1. The molecule has 2 saturated carbocycles. The third kappa shape index (κ3) is 3.95. The first-order chi connectivity index (χ1) is 17.0. The Bertz CT molecular complexity index is 1150. The number of anilines is 1. The Morgan fingerprint density at radius 1 is 0.829 bits per heavy atom. The topological polar surface area (TPSA) is 75.7 Å². The molecule has 2 aromatic carbocycles. The van der Waals surface area contributed by atoms with Gasteiger partial charge in [-0.25, -0.2) is 0 Å². The van der Waals surface area contributed by atoms with E-state index in [9.17, 15) is 14.4 Å². The van der Waals surface area contributed by atoms with Gasteiger partial charge in [0.2, 0.25) is 17.7 Å². The maximum atomic E-state index is 13.1. The Morgan fingerprint density at radius 3 is 1.94 bits per heavy atom. The number of aryl methyl sites for hydroxylation is 1. The van der Waals surface area contributed by atoms with Crippen LogP contribution in [0.2, 0.25) is 0 Å². The highest BCUT2D eigenvalue weighted by Crippen LogP contribution is 2.53. The molecule has 180 valence electrons. The van der Waals surface area contributed by atoms with Crippen LogP contribution in [0, 0.1) is 36.5 Å². The Labute approximate surface area is 205 Å². The SMILES string of the molecule is Cc1ccc(Oc2ccc(NC(=O)C3CCC(N4C(=O)C5C6C=CC(C6)C5C4=O)CC3)cc2)cc1. The average molecular weight is 471 g/mol. The van der Waals surface area contributed by atoms with E-state index in [-0.39, 0.29) is 53.4 Å². The van der Waals surface area contributed by atoms with Gasteiger partial charge >= 0.3 is 0 Å². The van der Waals surface area contributed by atoms with Crippen LogP contribution in [-0.2, 0) is 14.4 Å². The summed E-state index contributed by atoms with van der Waals surface area (Å²) >= 11 is 0. The Hall–Kier alpha value is -3.41. The monoisotopic (exact) mass is 470 g/mol. The van der Waals surface area contributed by atoms with Crippen LogP contribution in [0.1, 0.15) is 37.7 Å². The van der Waals surface area contributed by atoms with Gasteiger partial charge in [-0.3, -0.25) is 19.3 Å². The lowest BCUT2D eigenvalue weighted by molar-refractivity contribution is -0.144. The number of carbonyl (C=O) groups excluding carboxylic acids is 3. The number of carbonyl (C=O) groups is 3. The molecule has 0 spiro atoms. The molecular formula is C29H30N2O4.